The minimum atomic E-state index is -0.411. The molecule has 1 aromatic heterocycles. The summed E-state index contributed by atoms with van der Waals surface area (Å²) in [4.78, 5) is 18.5. The molecule has 2 aromatic rings. The van der Waals surface area contributed by atoms with Gasteiger partial charge in [0.15, 0.2) is 5.78 Å². The summed E-state index contributed by atoms with van der Waals surface area (Å²) in [5.74, 6) is 0.829. The van der Waals surface area contributed by atoms with Crippen molar-refractivity contribution in [2.75, 3.05) is 38.3 Å². The van der Waals surface area contributed by atoms with Crippen molar-refractivity contribution in [1.29, 1.82) is 5.26 Å². The van der Waals surface area contributed by atoms with Gasteiger partial charge >= 0.3 is 0 Å². The number of anilines is 1. The van der Waals surface area contributed by atoms with Gasteiger partial charge < -0.3 is 15.2 Å². The van der Waals surface area contributed by atoms with Gasteiger partial charge in [-0.3, -0.25) is 14.6 Å². The Morgan fingerprint density at radius 1 is 1.24 bits per heavy atom. The second-order valence-electron chi connectivity index (χ2n) is 8.76. The second-order valence-corrected chi connectivity index (χ2v) is 9.70. The Bertz CT molecular complexity index is 1190. The quantitative estimate of drug-likeness (QED) is 0.700. The van der Waals surface area contributed by atoms with Gasteiger partial charge in [0.1, 0.15) is 11.6 Å². The summed E-state index contributed by atoms with van der Waals surface area (Å²) in [6.07, 6.45) is 2.02. The fourth-order valence-electron chi connectivity index (χ4n) is 5.04. The maximum absolute atomic E-state index is 13.3. The molecule has 2 N–H and O–H groups in total. The van der Waals surface area contributed by atoms with Crippen LogP contribution in [-0.2, 0) is 16.1 Å². The fourth-order valence-corrected chi connectivity index (χ4v) is 6.06. The maximum Gasteiger partial charge on any atom is 0.161 e. The van der Waals surface area contributed by atoms with Gasteiger partial charge in [-0.15, -0.1) is 11.3 Å². The highest BCUT2D eigenvalue weighted by Gasteiger charge is 2.41. The second kappa shape index (κ2) is 9.63. The van der Waals surface area contributed by atoms with Crippen LogP contribution in [0.3, 0.4) is 0 Å². The first-order valence-corrected chi connectivity index (χ1v) is 12.5. The highest BCUT2D eigenvalue weighted by Crippen LogP contribution is 2.47. The number of rotatable bonds is 5. The van der Waals surface area contributed by atoms with Gasteiger partial charge in [0, 0.05) is 47.9 Å². The lowest BCUT2D eigenvalue weighted by Gasteiger charge is -2.39. The number of Topliss-reactive ketones (excluding diaryl/α,β-unsaturated/α-hetero) is 1. The molecule has 1 fully saturated rings. The van der Waals surface area contributed by atoms with Crippen LogP contribution in [0.25, 0.3) is 0 Å². The number of morpholine rings is 1. The van der Waals surface area contributed by atoms with E-state index in [0.29, 0.717) is 23.4 Å². The standard InChI is InChI=1S/C26H28N4O3S/c1-32-19-7-5-18(6-8-19)30-21-3-2-4-22(31)25(21)24(20(14-27)26(30)28)23-13-17(16-34-23)15-29-9-11-33-12-10-29/h5-8,13,16,24H,2-4,9-12,15,28H2,1H3. The third-order valence-electron chi connectivity index (χ3n) is 6.71. The van der Waals surface area contributed by atoms with E-state index in [9.17, 15) is 10.1 Å². The number of thiophene rings is 1. The van der Waals surface area contributed by atoms with Crippen molar-refractivity contribution in [2.45, 2.75) is 31.7 Å². The first-order chi connectivity index (χ1) is 16.6. The van der Waals surface area contributed by atoms with Gasteiger partial charge in [-0.05, 0) is 54.1 Å². The van der Waals surface area contributed by atoms with Gasteiger partial charge in [0.2, 0.25) is 0 Å². The SMILES string of the molecule is COc1ccc(N2C(N)=C(C#N)C(c3cc(CN4CCOCC4)cs3)C3=C2CCCC3=O)cc1. The molecule has 1 atom stereocenters. The molecule has 3 aliphatic rings. The highest BCUT2D eigenvalue weighted by atomic mass is 32.1. The van der Waals surface area contributed by atoms with E-state index < -0.39 is 5.92 Å². The molecule has 0 spiro atoms. The van der Waals surface area contributed by atoms with E-state index in [1.54, 1.807) is 18.4 Å². The summed E-state index contributed by atoms with van der Waals surface area (Å²) < 4.78 is 10.8. The normalized spacial score (nSPS) is 21.5. The molecule has 176 valence electrons. The lowest BCUT2D eigenvalue weighted by molar-refractivity contribution is -0.116. The molecule has 1 aromatic carbocycles. The summed E-state index contributed by atoms with van der Waals surface area (Å²) in [5, 5.41) is 12.3. The topological polar surface area (TPSA) is 91.8 Å². The van der Waals surface area contributed by atoms with Crippen molar-refractivity contribution in [3.8, 4) is 11.8 Å². The van der Waals surface area contributed by atoms with Gasteiger partial charge in [0.05, 0.1) is 37.9 Å². The molecule has 0 saturated carbocycles. The summed E-state index contributed by atoms with van der Waals surface area (Å²) in [6, 6.07) is 12.0. The van der Waals surface area contributed by atoms with Crippen LogP contribution in [0.4, 0.5) is 5.69 Å². The molecule has 0 amide bonds. The number of nitriles is 1. The zero-order valence-electron chi connectivity index (χ0n) is 19.3. The van der Waals surface area contributed by atoms with Crippen molar-refractivity contribution in [2.24, 2.45) is 5.73 Å². The van der Waals surface area contributed by atoms with Gasteiger partial charge in [-0.1, -0.05) is 0 Å². The van der Waals surface area contributed by atoms with Crippen LogP contribution in [0, 0.1) is 11.3 Å². The van der Waals surface area contributed by atoms with Crippen LogP contribution in [0.5, 0.6) is 5.75 Å². The monoisotopic (exact) mass is 476 g/mol. The molecule has 0 bridgehead atoms. The number of carbonyl (C=O) groups excluding carboxylic acids is 1. The molecular weight excluding hydrogens is 448 g/mol. The van der Waals surface area contributed by atoms with E-state index >= 15 is 0 Å². The number of benzene rings is 1. The number of allylic oxidation sites excluding steroid dienone is 3. The molecule has 5 rings (SSSR count). The fraction of sp³-hybridized carbons (Fsp3) is 0.385. The van der Waals surface area contributed by atoms with Crippen molar-refractivity contribution >= 4 is 22.8 Å². The number of carbonyl (C=O) groups is 1. The molecule has 7 nitrogen and oxygen atoms in total. The van der Waals surface area contributed by atoms with E-state index in [1.165, 1.54) is 5.56 Å². The van der Waals surface area contributed by atoms with Crippen LogP contribution in [0.2, 0.25) is 0 Å². The van der Waals surface area contributed by atoms with Gasteiger partial charge in [-0.25, -0.2) is 0 Å². The summed E-state index contributed by atoms with van der Waals surface area (Å²) >= 11 is 1.61. The molecule has 34 heavy (non-hydrogen) atoms. The number of ether oxygens (including phenoxy) is 2. The Hall–Kier alpha value is -3.12. The molecule has 1 saturated heterocycles. The molecule has 1 unspecified atom stereocenters. The lowest BCUT2D eigenvalue weighted by atomic mass is 9.78. The Kier molecular flexibility index (Phi) is 6.42. The zero-order chi connectivity index (χ0) is 23.7. The first kappa shape index (κ1) is 22.7. The van der Waals surface area contributed by atoms with Crippen molar-refractivity contribution in [3.63, 3.8) is 0 Å². The Morgan fingerprint density at radius 3 is 2.71 bits per heavy atom. The number of ketones is 1. The van der Waals surface area contributed by atoms with Gasteiger partial charge in [0.25, 0.3) is 0 Å². The van der Waals surface area contributed by atoms with Crippen LogP contribution < -0.4 is 15.4 Å². The molecule has 3 heterocycles. The number of hydrogen-bond donors (Lipinski definition) is 1. The summed E-state index contributed by atoms with van der Waals surface area (Å²) in [5.41, 5.74) is 10.7. The van der Waals surface area contributed by atoms with E-state index in [2.05, 4.69) is 22.4 Å². The highest BCUT2D eigenvalue weighted by molar-refractivity contribution is 7.10. The summed E-state index contributed by atoms with van der Waals surface area (Å²) in [7, 11) is 1.62. The predicted molar refractivity (Wildman–Crippen MR) is 131 cm³/mol. The average molecular weight is 477 g/mol. The number of methoxy groups -OCH3 is 1. The Morgan fingerprint density at radius 2 is 2.00 bits per heavy atom. The zero-order valence-corrected chi connectivity index (χ0v) is 20.1. The molecule has 1 aliphatic carbocycles. The Balaban J connectivity index is 1.55. The van der Waals surface area contributed by atoms with Crippen molar-refractivity contribution < 1.29 is 14.3 Å². The van der Waals surface area contributed by atoms with Crippen molar-refractivity contribution in [1.82, 2.24) is 4.90 Å². The smallest absolute Gasteiger partial charge is 0.161 e. The lowest BCUT2D eigenvalue weighted by Crippen LogP contribution is -2.38. The third kappa shape index (κ3) is 4.11. The number of nitrogens with zero attached hydrogens (tertiary/aromatic N) is 3. The van der Waals surface area contributed by atoms with E-state index in [-0.39, 0.29) is 5.78 Å². The van der Waals surface area contributed by atoms with E-state index in [4.69, 9.17) is 15.2 Å². The average Bonchev–Trinajstić information content (AvgIpc) is 3.32. The Labute approximate surface area is 203 Å². The van der Waals surface area contributed by atoms with Crippen LogP contribution in [-0.4, -0.2) is 44.1 Å². The largest absolute Gasteiger partial charge is 0.497 e. The number of hydrogen-bond acceptors (Lipinski definition) is 8. The molecular formula is C26H28N4O3S. The van der Waals surface area contributed by atoms with Crippen LogP contribution in [0.15, 0.2) is 58.4 Å². The maximum atomic E-state index is 13.3. The van der Waals surface area contributed by atoms with Crippen molar-refractivity contribution in [3.05, 3.63) is 68.8 Å². The van der Waals surface area contributed by atoms with Crippen LogP contribution in [0.1, 0.15) is 35.6 Å². The minimum Gasteiger partial charge on any atom is -0.497 e. The molecule has 0 radical (unpaired) electrons. The van der Waals surface area contributed by atoms with E-state index in [0.717, 1.165) is 67.7 Å². The van der Waals surface area contributed by atoms with Crippen LogP contribution >= 0.6 is 11.3 Å². The minimum absolute atomic E-state index is 0.105. The molecule has 2 aliphatic heterocycles. The van der Waals surface area contributed by atoms with E-state index in [1.807, 2.05) is 29.2 Å². The molecule has 8 heteroatoms. The van der Waals surface area contributed by atoms with Gasteiger partial charge in [-0.2, -0.15) is 5.26 Å². The predicted octanol–water partition coefficient (Wildman–Crippen LogP) is 3.89. The third-order valence-corrected chi connectivity index (χ3v) is 7.76. The summed E-state index contributed by atoms with van der Waals surface area (Å²) in [6.45, 7) is 4.17. The number of nitrogens with two attached hydrogens (primary N) is 1. The first-order valence-electron chi connectivity index (χ1n) is 11.6.